The molecule has 0 N–H and O–H groups in total. The number of hydrogen-bond acceptors (Lipinski definition) is 1. The molecule has 3 heteroatoms. The molecule has 0 aliphatic carbocycles. The lowest BCUT2D eigenvalue weighted by molar-refractivity contribution is -0.677. The predicted octanol–water partition coefficient (Wildman–Crippen LogP) is 2.38. The van der Waals surface area contributed by atoms with E-state index in [4.69, 9.17) is 4.42 Å². The summed E-state index contributed by atoms with van der Waals surface area (Å²) in [7, 11) is 2.09. The molecule has 82 valence electrons. The molecule has 3 rings (SSSR count). The van der Waals surface area contributed by atoms with E-state index in [0.29, 0.717) is 0 Å². The van der Waals surface area contributed by atoms with E-state index >= 15 is 0 Å². The molecule has 0 fully saturated rings. The molecule has 0 aliphatic rings. The van der Waals surface area contributed by atoms with Gasteiger partial charge in [-0.25, -0.2) is 4.57 Å². The monoisotopic (exact) mass is 215 g/mol. The maximum absolute atomic E-state index is 5.54. The molecule has 0 bridgehead atoms. The lowest BCUT2D eigenvalue weighted by atomic mass is 10.2. The zero-order valence-corrected chi connectivity index (χ0v) is 9.82. The SMILES string of the molecule is CCc1n2c(ccc3occ(C)c32)c[n+]1C. The first kappa shape index (κ1) is 9.46. The standard InChI is InChI=1S/C13H15N2O/c1-4-12-14(3)7-10-5-6-11-13(15(10)12)9(2)8-16-11/h5-8H,4H2,1-3H3/q+1. The maximum atomic E-state index is 5.54. The van der Waals surface area contributed by atoms with Crippen molar-refractivity contribution >= 4 is 16.6 Å². The van der Waals surface area contributed by atoms with Crippen LogP contribution in [0.3, 0.4) is 0 Å². The van der Waals surface area contributed by atoms with Crippen molar-refractivity contribution in [1.29, 1.82) is 0 Å². The average molecular weight is 215 g/mol. The Bertz CT molecular complexity index is 676. The van der Waals surface area contributed by atoms with Crippen LogP contribution in [0.5, 0.6) is 0 Å². The van der Waals surface area contributed by atoms with Crippen LogP contribution < -0.4 is 4.57 Å². The number of aromatic nitrogens is 2. The van der Waals surface area contributed by atoms with Gasteiger partial charge < -0.3 is 4.42 Å². The molecular weight excluding hydrogens is 200 g/mol. The lowest BCUT2D eigenvalue weighted by Gasteiger charge is -1.95. The van der Waals surface area contributed by atoms with Crippen molar-refractivity contribution in [3.8, 4) is 0 Å². The van der Waals surface area contributed by atoms with E-state index in [0.717, 1.165) is 12.0 Å². The summed E-state index contributed by atoms with van der Waals surface area (Å²) >= 11 is 0. The third-order valence-electron chi connectivity index (χ3n) is 3.16. The molecule has 0 aliphatic heterocycles. The molecule has 0 atom stereocenters. The van der Waals surface area contributed by atoms with Crippen LogP contribution in [-0.2, 0) is 13.5 Å². The topological polar surface area (TPSA) is 21.4 Å². The summed E-state index contributed by atoms with van der Waals surface area (Å²) in [5, 5.41) is 0. The minimum atomic E-state index is 0.955. The Balaban J connectivity index is 2.61. The summed E-state index contributed by atoms with van der Waals surface area (Å²) in [6.45, 7) is 4.26. The quantitative estimate of drug-likeness (QED) is 0.571. The fourth-order valence-electron chi connectivity index (χ4n) is 2.44. The van der Waals surface area contributed by atoms with E-state index in [1.54, 1.807) is 0 Å². The van der Waals surface area contributed by atoms with Crippen molar-refractivity contribution in [1.82, 2.24) is 4.40 Å². The van der Waals surface area contributed by atoms with Gasteiger partial charge in [0.05, 0.1) is 13.3 Å². The van der Waals surface area contributed by atoms with Crippen LogP contribution in [0, 0.1) is 6.92 Å². The molecule has 0 saturated carbocycles. The summed E-state index contributed by atoms with van der Waals surface area (Å²) in [4.78, 5) is 0. The van der Waals surface area contributed by atoms with E-state index < -0.39 is 0 Å². The van der Waals surface area contributed by atoms with Crippen molar-refractivity contribution in [3.63, 3.8) is 0 Å². The van der Waals surface area contributed by atoms with E-state index in [1.807, 2.05) is 12.3 Å². The summed E-state index contributed by atoms with van der Waals surface area (Å²) in [6.07, 6.45) is 4.99. The van der Waals surface area contributed by atoms with Gasteiger partial charge in [0.25, 0.3) is 5.82 Å². The highest BCUT2D eigenvalue weighted by Crippen LogP contribution is 2.23. The summed E-state index contributed by atoms with van der Waals surface area (Å²) in [5.74, 6) is 1.30. The van der Waals surface area contributed by atoms with Crippen LogP contribution in [0.15, 0.2) is 29.0 Å². The first-order valence-electron chi connectivity index (χ1n) is 5.59. The third kappa shape index (κ3) is 1.06. The first-order chi connectivity index (χ1) is 7.72. The number of nitrogens with zero attached hydrogens (tertiary/aromatic N) is 2. The van der Waals surface area contributed by atoms with Gasteiger partial charge in [-0.2, -0.15) is 4.40 Å². The minimum Gasteiger partial charge on any atom is -0.460 e. The van der Waals surface area contributed by atoms with Crippen molar-refractivity contribution in [2.24, 2.45) is 7.05 Å². The van der Waals surface area contributed by atoms with E-state index in [-0.39, 0.29) is 0 Å². The highest BCUT2D eigenvalue weighted by atomic mass is 16.3. The Morgan fingerprint density at radius 1 is 1.38 bits per heavy atom. The molecule has 0 amide bonds. The molecule has 0 unspecified atom stereocenters. The van der Waals surface area contributed by atoms with Crippen molar-refractivity contribution in [3.05, 3.63) is 36.0 Å². The van der Waals surface area contributed by atoms with Gasteiger partial charge in [0, 0.05) is 12.0 Å². The second-order valence-corrected chi connectivity index (χ2v) is 4.23. The van der Waals surface area contributed by atoms with Gasteiger partial charge in [-0.3, -0.25) is 0 Å². The second kappa shape index (κ2) is 3.11. The molecule has 3 nitrogen and oxygen atoms in total. The third-order valence-corrected chi connectivity index (χ3v) is 3.16. The number of hydrogen-bond donors (Lipinski definition) is 0. The van der Waals surface area contributed by atoms with Crippen LogP contribution in [0.2, 0.25) is 0 Å². The fourth-order valence-corrected chi connectivity index (χ4v) is 2.44. The maximum Gasteiger partial charge on any atom is 0.261 e. The molecule has 0 radical (unpaired) electrons. The molecule has 16 heavy (non-hydrogen) atoms. The normalized spacial score (nSPS) is 11.7. The smallest absolute Gasteiger partial charge is 0.261 e. The van der Waals surface area contributed by atoms with Crippen LogP contribution >= 0.6 is 0 Å². The highest BCUT2D eigenvalue weighted by molar-refractivity contribution is 5.80. The molecule has 3 aromatic rings. The molecule has 3 heterocycles. The van der Waals surface area contributed by atoms with Crippen molar-refractivity contribution in [2.45, 2.75) is 20.3 Å². The minimum absolute atomic E-state index is 0.955. The van der Waals surface area contributed by atoms with Gasteiger partial charge in [-0.1, -0.05) is 6.92 Å². The lowest BCUT2D eigenvalue weighted by Crippen LogP contribution is -2.30. The van der Waals surface area contributed by atoms with E-state index in [1.165, 1.54) is 22.4 Å². The molecule has 3 aromatic heterocycles. The largest absolute Gasteiger partial charge is 0.460 e. The Hall–Kier alpha value is -1.77. The Morgan fingerprint density at radius 2 is 2.19 bits per heavy atom. The van der Waals surface area contributed by atoms with Crippen LogP contribution in [0.1, 0.15) is 18.3 Å². The Morgan fingerprint density at radius 3 is 2.94 bits per heavy atom. The van der Waals surface area contributed by atoms with Crippen molar-refractivity contribution in [2.75, 3.05) is 0 Å². The van der Waals surface area contributed by atoms with Gasteiger partial charge in [-0.05, 0) is 19.1 Å². The van der Waals surface area contributed by atoms with Gasteiger partial charge in [0.1, 0.15) is 6.20 Å². The van der Waals surface area contributed by atoms with Gasteiger partial charge >= 0.3 is 0 Å². The van der Waals surface area contributed by atoms with E-state index in [9.17, 15) is 0 Å². The molecule has 0 aromatic carbocycles. The predicted molar refractivity (Wildman–Crippen MR) is 62.5 cm³/mol. The number of furan rings is 1. The van der Waals surface area contributed by atoms with Crippen LogP contribution in [0.4, 0.5) is 0 Å². The number of fused-ring (bicyclic) bond motifs is 3. The number of pyridine rings is 1. The Labute approximate surface area is 93.9 Å². The molecule has 0 saturated heterocycles. The molecule has 0 spiro atoms. The Kier molecular flexibility index (Phi) is 1.84. The van der Waals surface area contributed by atoms with Crippen molar-refractivity contribution < 1.29 is 8.98 Å². The summed E-state index contributed by atoms with van der Waals surface area (Å²) < 4.78 is 10.0. The second-order valence-electron chi connectivity index (χ2n) is 4.23. The van der Waals surface area contributed by atoms with E-state index in [2.05, 4.69) is 42.1 Å². The highest BCUT2D eigenvalue weighted by Gasteiger charge is 2.19. The number of aryl methyl sites for hydroxylation is 3. The number of imidazole rings is 1. The summed E-state index contributed by atoms with van der Waals surface area (Å²) in [6, 6.07) is 4.14. The molecular formula is C13H15N2O+. The fraction of sp³-hybridized carbons (Fsp3) is 0.308. The van der Waals surface area contributed by atoms with Gasteiger partial charge in [0.15, 0.2) is 16.6 Å². The van der Waals surface area contributed by atoms with Gasteiger partial charge in [-0.15, -0.1) is 0 Å². The average Bonchev–Trinajstić information content (AvgIpc) is 2.78. The zero-order valence-electron chi connectivity index (χ0n) is 9.82. The van der Waals surface area contributed by atoms with Gasteiger partial charge in [0.2, 0.25) is 0 Å². The summed E-state index contributed by atoms with van der Waals surface area (Å²) in [5.41, 5.74) is 4.55. The van der Waals surface area contributed by atoms with Crippen LogP contribution in [0.25, 0.3) is 16.6 Å². The zero-order chi connectivity index (χ0) is 11.3. The first-order valence-corrected chi connectivity index (χ1v) is 5.59. The number of rotatable bonds is 1. The van der Waals surface area contributed by atoms with Crippen LogP contribution in [-0.4, -0.2) is 4.40 Å².